The van der Waals surface area contributed by atoms with Gasteiger partial charge in [0.25, 0.3) is 5.91 Å². The zero-order valence-corrected chi connectivity index (χ0v) is 14.8. The molecular formula is C22H15N5O. The van der Waals surface area contributed by atoms with E-state index in [1.807, 2.05) is 54.7 Å². The van der Waals surface area contributed by atoms with E-state index in [-0.39, 0.29) is 5.91 Å². The van der Waals surface area contributed by atoms with Crippen LogP contribution in [0.3, 0.4) is 0 Å². The summed E-state index contributed by atoms with van der Waals surface area (Å²) >= 11 is 0. The van der Waals surface area contributed by atoms with Crippen LogP contribution in [0.25, 0.3) is 27.5 Å². The van der Waals surface area contributed by atoms with Crippen molar-refractivity contribution in [2.45, 2.75) is 0 Å². The molecular weight excluding hydrogens is 350 g/mol. The van der Waals surface area contributed by atoms with Crippen LogP contribution in [-0.2, 0) is 0 Å². The summed E-state index contributed by atoms with van der Waals surface area (Å²) in [5.41, 5.74) is 3.21. The zero-order valence-electron chi connectivity index (χ0n) is 14.8. The number of nitrogens with zero attached hydrogens (tertiary/aromatic N) is 4. The molecule has 1 N–H and O–H groups in total. The molecule has 6 nitrogen and oxygen atoms in total. The monoisotopic (exact) mass is 365 g/mol. The van der Waals surface area contributed by atoms with Gasteiger partial charge in [0.2, 0.25) is 0 Å². The molecule has 3 heterocycles. The number of fused-ring (bicyclic) bond motifs is 2. The lowest BCUT2D eigenvalue weighted by Crippen LogP contribution is -2.13. The molecule has 0 aliphatic carbocycles. The summed E-state index contributed by atoms with van der Waals surface area (Å²) in [7, 11) is 0. The smallest absolute Gasteiger partial charge is 0.256 e. The minimum atomic E-state index is -0.201. The molecule has 2 aromatic carbocycles. The molecule has 0 aliphatic heterocycles. The number of hydrogen-bond acceptors (Lipinski definition) is 4. The lowest BCUT2D eigenvalue weighted by Gasteiger charge is -2.08. The number of hydrogen-bond donors (Lipinski definition) is 1. The van der Waals surface area contributed by atoms with Gasteiger partial charge in [-0.05, 0) is 35.2 Å². The molecule has 6 heteroatoms. The van der Waals surface area contributed by atoms with E-state index in [0.29, 0.717) is 11.4 Å². The standard InChI is InChI=1S/C22H15N5O/c28-22(26-20-18-5-2-1-4-15(18)10-12-23-20)17-8-6-16(7-9-17)19-14-25-27-13-3-11-24-21(19)27/h1-14H,(H,23,26,28). The summed E-state index contributed by atoms with van der Waals surface area (Å²) < 4.78 is 1.72. The van der Waals surface area contributed by atoms with E-state index in [2.05, 4.69) is 20.4 Å². The normalized spacial score (nSPS) is 11.0. The molecule has 0 radical (unpaired) electrons. The Labute approximate surface area is 160 Å². The fourth-order valence-corrected chi connectivity index (χ4v) is 3.23. The molecule has 0 fully saturated rings. The average molecular weight is 365 g/mol. The van der Waals surface area contributed by atoms with E-state index in [1.165, 1.54) is 0 Å². The zero-order chi connectivity index (χ0) is 18.9. The van der Waals surface area contributed by atoms with Crippen molar-refractivity contribution in [2.24, 2.45) is 0 Å². The Morgan fingerprint density at radius 2 is 1.75 bits per heavy atom. The van der Waals surface area contributed by atoms with Crippen molar-refractivity contribution in [1.82, 2.24) is 19.6 Å². The predicted octanol–water partition coefficient (Wildman–Crippen LogP) is 4.20. The van der Waals surface area contributed by atoms with Crippen LogP contribution in [0.1, 0.15) is 10.4 Å². The Morgan fingerprint density at radius 3 is 2.64 bits per heavy atom. The Hall–Kier alpha value is -4.06. The third-order valence-electron chi connectivity index (χ3n) is 4.64. The van der Waals surface area contributed by atoms with Gasteiger partial charge < -0.3 is 5.32 Å². The number of anilines is 1. The Balaban J connectivity index is 1.43. The quantitative estimate of drug-likeness (QED) is 0.520. The highest BCUT2D eigenvalue weighted by Gasteiger charge is 2.11. The van der Waals surface area contributed by atoms with Gasteiger partial charge in [-0.25, -0.2) is 14.5 Å². The van der Waals surface area contributed by atoms with Gasteiger partial charge in [-0.15, -0.1) is 0 Å². The number of amides is 1. The molecule has 1 amide bonds. The highest BCUT2D eigenvalue weighted by molar-refractivity contribution is 6.08. The maximum absolute atomic E-state index is 12.7. The largest absolute Gasteiger partial charge is 0.306 e. The van der Waals surface area contributed by atoms with E-state index in [4.69, 9.17) is 0 Å². The van der Waals surface area contributed by atoms with Gasteiger partial charge in [-0.2, -0.15) is 5.10 Å². The summed E-state index contributed by atoms with van der Waals surface area (Å²) in [6.45, 7) is 0. The van der Waals surface area contributed by atoms with Crippen molar-refractivity contribution in [3.05, 3.63) is 91.0 Å². The predicted molar refractivity (Wildman–Crippen MR) is 108 cm³/mol. The van der Waals surface area contributed by atoms with Gasteiger partial charge in [0, 0.05) is 35.1 Å². The molecule has 134 valence electrons. The van der Waals surface area contributed by atoms with Crippen molar-refractivity contribution < 1.29 is 4.79 Å². The number of rotatable bonds is 3. The van der Waals surface area contributed by atoms with Crippen LogP contribution in [0, 0.1) is 0 Å². The number of carbonyl (C=O) groups is 1. The first-order valence-electron chi connectivity index (χ1n) is 8.83. The van der Waals surface area contributed by atoms with Crippen molar-refractivity contribution in [2.75, 3.05) is 5.32 Å². The number of carbonyl (C=O) groups excluding carboxylic acids is 1. The van der Waals surface area contributed by atoms with Crippen molar-refractivity contribution in [3.8, 4) is 11.1 Å². The van der Waals surface area contributed by atoms with E-state index in [9.17, 15) is 4.79 Å². The second kappa shape index (κ2) is 6.59. The van der Waals surface area contributed by atoms with Crippen LogP contribution in [0.5, 0.6) is 0 Å². The first-order valence-corrected chi connectivity index (χ1v) is 8.83. The summed E-state index contributed by atoms with van der Waals surface area (Å²) in [5.74, 6) is 0.354. The minimum absolute atomic E-state index is 0.201. The molecule has 0 saturated carbocycles. The molecule has 0 spiro atoms. The molecule has 0 bridgehead atoms. The second-order valence-electron chi connectivity index (χ2n) is 6.36. The van der Waals surface area contributed by atoms with Gasteiger partial charge >= 0.3 is 0 Å². The van der Waals surface area contributed by atoms with Gasteiger partial charge in [0.05, 0.1) is 6.20 Å². The summed E-state index contributed by atoms with van der Waals surface area (Å²) in [6.07, 6.45) is 7.06. The third-order valence-corrected chi connectivity index (χ3v) is 4.64. The summed E-state index contributed by atoms with van der Waals surface area (Å²) in [5, 5.41) is 9.15. The molecule has 5 rings (SSSR count). The number of pyridine rings is 1. The molecule has 3 aromatic heterocycles. The van der Waals surface area contributed by atoms with Crippen molar-refractivity contribution in [3.63, 3.8) is 0 Å². The van der Waals surface area contributed by atoms with Crippen molar-refractivity contribution in [1.29, 1.82) is 0 Å². The van der Waals surface area contributed by atoms with E-state index in [1.54, 1.807) is 35.2 Å². The molecule has 0 saturated heterocycles. The lowest BCUT2D eigenvalue weighted by atomic mass is 10.1. The maximum atomic E-state index is 12.7. The third kappa shape index (κ3) is 2.77. The second-order valence-corrected chi connectivity index (χ2v) is 6.36. The van der Waals surface area contributed by atoms with Crippen LogP contribution in [-0.4, -0.2) is 25.5 Å². The minimum Gasteiger partial charge on any atom is -0.306 e. The molecule has 5 aromatic rings. The molecule has 0 aliphatic rings. The topological polar surface area (TPSA) is 72.2 Å². The maximum Gasteiger partial charge on any atom is 0.256 e. The van der Waals surface area contributed by atoms with Crippen LogP contribution in [0.4, 0.5) is 5.82 Å². The van der Waals surface area contributed by atoms with Gasteiger partial charge in [-0.3, -0.25) is 4.79 Å². The first-order chi connectivity index (χ1) is 13.8. The SMILES string of the molecule is O=C(Nc1nccc2ccccc12)c1ccc(-c2cnn3cccnc23)cc1. The Bertz CT molecular complexity index is 1300. The highest BCUT2D eigenvalue weighted by atomic mass is 16.1. The summed E-state index contributed by atoms with van der Waals surface area (Å²) in [6, 6.07) is 19.0. The number of nitrogens with one attached hydrogen (secondary N) is 1. The van der Waals surface area contributed by atoms with Crippen LogP contribution >= 0.6 is 0 Å². The van der Waals surface area contributed by atoms with Gasteiger partial charge in [0.15, 0.2) is 5.65 Å². The summed E-state index contributed by atoms with van der Waals surface area (Å²) in [4.78, 5) is 21.4. The lowest BCUT2D eigenvalue weighted by molar-refractivity contribution is 0.102. The highest BCUT2D eigenvalue weighted by Crippen LogP contribution is 2.24. The molecule has 28 heavy (non-hydrogen) atoms. The first kappa shape index (κ1) is 16.1. The van der Waals surface area contributed by atoms with Crippen LogP contribution in [0.15, 0.2) is 85.5 Å². The Morgan fingerprint density at radius 1 is 0.893 bits per heavy atom. The van der Waals surface area contributed by atoms with Gasteiger partial charge in [0.1, 0.15) is 5.82 Å². The fraction of sp³-hybridized carbons (Fsp3) is 0. The van der Waals surface area contributed by atoms with Crippen LogP contribution < -0.4 is 5.32 Å². The Kier molecular flexibility index (Phi) is 3.80. The van der Waals surface area contributed by atoms with Gasteiger partial charge in [-0.1, -0.05) is 36.4 Å². The van der Waals surface area contributed by atoms with E-state index < -0.39 is 0 Å². The van der Waals surface area contributed by atoms with E-state index in [0.717, 1.165) is 27.5 Å². The number of benzene rings is 2. The molecule has 0 unspecified atom stereocenters. The van der Waals surface area contributed by atoms with E-state index >= 15 is 0 Å². The fourth-order valence-electron chi connectivity index (χ4n) is 3.23. The van der Waals surface area contributed by atoms with Crippen LogP contribution in [0.2, 0.25) is 0 Å². The molecule has 0 atom stereocenters. The number of aromatic nitrogens is 4. The average Bonchev–Trinajstić information content (AvgIpc) is 3.18. The van der Waals surface area contributed by atoms with Crippen molar-refractivity contribution >= 4 is 28.1 Å².